The van der Waals surface area contributed by atoms with Gasteiger partial charge < -0.3 is 5.11 Å². The van der Waals surface area contributed by atoms with E-state index in [1.54, 1.807) is 18.3 Å². The molecule has 2 heterocycles. The number of rotatable bonds is 3. The number of hydrogen-bond donors (Lipinski definition) is 1. The van der Waals surface area contributed by atoms with Crippen molar-refractivity contribution in [3.05, 3.63) is 16.1 Å². The maximum atomic E-state index is 9.34. The summed E-state index contributed by atoms with van der Waals surface area (Å²) in [4.78, 5) is 4.43. The van der Waals surface area contributed by atoms with Crippen molar-refractivity contribution in [1.82, 2.24) is 4.98 Å². The van der Waals surface area contributed by atoms with E-state index in [0.717, 1.165) is 18.0 Å². The van der Waals surface area contributed by atoms with Crippen molar-refractivity contribution >= 4 is 23.1 Å². The highest BCUT2D eigenvalue weighted by atomic mass is 32.2. The van der Waals surface area contributed by atoms with E-state index in [4.69, 9.17) is 0 Å². The molecule has 0 bridgehead atoms. The first kappa shape index (κ1) is 10.5. The van der Waals surface area contributed by atoms with Crippen molar-refractivity contribution < 1.29 is 5.11 Å². The van der Waals surface area contributed by atoms with Crippen LogP contribution in [-0.2, 0) is 6.42 Å². The van der Waals surface area contributed by atoms with E-state index >= 15 is 0 Å². The zero-order chi connectivity index (χ0) is 9.97. The van der Waals surface area contributed by atoms with Crippen LogP contribution in [0.15, 0.2) is 5.38 Å². The number of aliphatic hydroxyl groups excluding tert-OH is 1. The van der Waals surface area contributed by atoms with Crippen molar-refractivity contribution in [1.29, 1.82) is 0 Å². The summed E-state index contributed by atoms with van der Waals surface area (Å²) in [6.07, 6.45) is 2.01. The Labute approximate surface area is 92.8 Å². The Kier molecular flexibility index (Phi) is 3.47. The number of nitrogens with zero attached hydrogens (tertiary/aromatic N) is 1. The van der Waals surface area contributed by atoms with E-state index in [0.29, 0.717) is 0 Å². The van der Waals surface area contributed by atoms with Crippen LogP contribution in [0, 0.1) is 5.92 Å². The molecule has 2 rings (SSSR count). The third-order valence-electron chi connectivity index (χ3n) is 2.48. The normalized spacial score (nSPS) is 24.0. The summed E-state index contributed by atoms with van der Waals surface area (Å²) in [6.45, 7) is 1.77. The fourth-order valence-corrected chi connectivity index (χ4v) is 3.88. The molecule has 1 aliphatic heterocycles. The Balaban J connectivity index is 1.95. The van der Waals surface area contributed by atoms with E-state index in [2.05, 4.69) is 4.98 Å². The molecule has 14 heavy (non-hydrogen) atoms. The lowest BCUT2D eigenvalue weighted by Gasteiger charge is -2.04. The van der Waals surface area contributed by atoms with Crippen molar-refractivity contribution in [3.8, 4) is 0 Å². The summed E-state index contributed by atoms with van der Waals surface area (Å²) in [5, 5.41) is 12.5. The van der Waals surface area contributed by atoms with Gasteiger partial charge in [-0.2, -0.15) is 11.8 Å². The van der Waals surface area contributed by atoms with E-state index in [1.165, 1.54) is 22.9 Å². The number of hydrogen-bond acceptors (Lipinski definition) is 4. The third-order valence-corrected chi connectivity index (χ3v) is 4.61. The van der Waals surface area contributed by atoms with Crippen molar-refractivity contribution in [2.45, 2.75) is 25.9 Å². The Morgan fingerprint density at radius 2 is 2.57 bits per heavy atom. The average molecular weight is 229 g/mol. The van der Waals surface area contributed by atoms with Gasteiger partial charge in [0.15, 0.2) is 0 Å². The van der Waals surface area contributed by atoms with Crippen LogP contribution in [-0.4, -0.2) is 21.6 Å². The standard InChI is InChI=1S/C10H15NOS2/c1-7(12)9-6-14-10(11-9)4-8-2-3-13-5-8/h6-8,12H,2-5H2,1H3. The molecule has 0 aliphatic carbocycles. The maximum absolute atomic E-state index is 9.34. The zero-order valence-corrected chi connectivity index (χ0v) is 9.90. The molecule has 1 aromatic heterocycles. The fraction of sp³-hybridized carbons (Fsp3) is 0.700. The zero-order valence-electron chi connectivity index (χ0n) is 8.27. The molecule has 0 spiro atoms. The van der Waals surface area contributed by atoms with Crippen LogP contribution in [0.25, 0.3) is 0 Å². The van der Waals surface area contributed by atoms with Crippen molar-refractivity contribution in [2.75, 3.05) is 11.5 Å². The number of thioether (sulfide) groups is 1. The van der Waals surface area contributed by atoms with Crippen LogP contribution < -0.4 is 0 Å². The third kappa shape index (κ3) is 2.49. The van der Waals surface area contributed by atoms with Gasteiger partial charge in [-0.15, -0.1) is 11.3 Å². The van der Waals surface area contributed by atoms with Crippen LogP contribution in [0.1, 0.15) is 30.2 Å². The number of thiazole rings is 1. The van der Waals surface area contributed by atoms with Gasteiger partial charge in [-0.3, -0.25) is 0 Å². The van der Waals surface area contributed by atoms with Gasteiger partial charge >= 0.3 is 0 Å². The van der Waals surface area contributed by atoms with Crippen LogP contribution in [0.2, 0.25) is 0 Å². The van der Waals surface area contributed by atoms with Gasteiger partial charge in [0, 0.05) is 11.8 Å². The lowest BCUT2D eigenvalue weighted by Crippen LogP contribution is -2.02. The second-order valence-electron chi connectivity index (χ2n) is 3.78. The molecule has 2 atom stereocenters. The first-order valence-corrected chi connectivity index (χ1v) is 6.99. The van der Waals surface area contributed by atoms with Crippen LogP contribution >= 0.6 is 23.1 Å². The van der Waals surface area contributed by atoms with Crippen molar-refractivity contribution in [3.63, 3.8) is 0 Å². The summed E-state index contributed by atoms with van der Waals surface area (Å²) in [6, 6.07) is 0. The SMILES string of the molecule is CC(O)c1csc(CC2CCSC2)n1. The van der Waals surface area contributed by atoms with Crippen LogP contribution in [0.3, 0.4) is 0 Å². The molecule has 1 fully saturated rings. The lowest BCUT2D eigenvalue weighted by atomic mass is 10.1. The highest BCUT2D eigenvalue weighted by Crippen LogP contribution is 2.28. The topological polar surface area (TPSA) is 33.1 Å². The van der Waals surface area contributed by atoms with Crippen LogP contribution in [0.5, 0.6) is 0 Å². The van der Waals surface area contributed by atoms with Crippen LogP contribution in [0.4, 0.5) is 0 Å². The maximum Gasteiger partial charge on any atom is 0.0940 e. The van der Waals surface area contributed by atoms with Gasteiger partial charge in [-0.05, 0) is 30.8 Å². The predicted octanol–water partition coefficient (Wildman–Crippen LogP) is 2.49. The van der Waals surface area contributed by atoms with E-state index in [9.17, 15) is 5.11 Å². The minimum Gasteiger partial charge on any atom is -0.387 e. The van der Waals surface area contributed by atoms with E-state index in [1.807, 2.05) is 17.1 Å². The van der Waals surface area contributed by atoms with E-state index < -0.39 is 6.10 Å². The molecule has 0 saturated carbocycles. The molecule has 0 radical (unpaired) electrons. The summed E-state index contributed by atoms with van der Waals surface area (Å²) in [5.74, 6) is 3.40. The summed E-state index contributed by atoms with van der Waals surface area (Å²) in [5.41, 5.74) is 0.829. The monoisotopic (exact) mass is 229 g/mol. The van der Waals surface area contributed by atoms with Gasteiger partial charge in [0.05, 0.1) is 16.8 Å². The minimum atomic E-state index is -0.419. The van der Waals surface area contributed by atoms with Gasteiger partial charge in [0.25, 0.3) is 0 Å². The van der Waals surface area contributed by atoms with Gasteiger partial charge in [0.1, 0.15) is 0 Å². The predicted molar refractivity (Wildman–Crippen MR) is 61.9 cm³/mol. The molecule has 0 aromatic carbocycles. The molecule has 1 N–H and O–H groups in total. The Morgan fingerprint density at radius 1 is 1.71 bits per heavy atom. The molecule has 2 nitrogen and oxygen atoms in total. The van der Waals surface area contributed by atoms with Gasteiger partial charge in [-0.25, -0.2) is 4.98 Å². The Morgan fingerprint density at radius 3 is 3.14 bits per heavy atom. The Hall–Kier alpha value is -0.0600. The molecule has 2 unspecified atom stereocenters. The molecular formula is C10H15NOS2. The lowest BCUT2D eigenvalue weighted by molar-refractivity contribution is 0.195. The first-order valence-electron chi connectivity index (χ1n) is 4.96. The highest BCUT2D eigenvalue weighted by molar-refractivity contribution is 7.99. The second kappa shape index (κ2) is 4.64. The summed E-state index contributed by atoms with van der Waals surface area (Å²) < 4.78 is 0. The molecule has 1 aromatic rings. The summed E-state index contributed by atoms with van der Waals surface area (Å²) in [7, 11) is 0. The largest absolute Gasteiger partial charge is 0.387 e. The highest BCUT2D eigenvalue weighted by Gasteiger charge is 2.17. The molecule has 1 saturated heterocycles. The smallest absolute Gasteiger partial charge is 0.0940 e. The molecule has 4 heteroatoms. The first-order chi connectivity index (χ1) is 6.75. The minimum absolute atomic E-state index is 0.419. The second-order valence-corrected chi connectivity index (χ2v) is 5.87. The van der Waals surface area contributed by atoms with Gasteiger partial charge in [-0.1, -0.05) is 0 Å². The quantitative estimate of drug-likeness (QED) is 0.864. The van der Waals surface area contributed by atoms with Crippen molar-refractivity contribution in [2.24, 2.45) is 5.92 Å². The fourth-order valence-electron chi connectivity index (χ4n) is 1.60. The van der Waals surface area contributed by atoms with Gasteiger partial charge in [0.2, 0.25) is 0 Å². The van der Waals surface area contributed by atoms with E-state index in [-0.39, 0.29) is 0 Å². The molecule has 1 aliphatic rings. The average Bonchev–Trinajstić information content (AvgIpc) is 2.75. The Bertz CT molecular complexity index is 292. The molecule has 0 amide bonds. The summed E-state index contributed by atoms with van der Waals surface area (Å²) >= 11 is 3.73. The number of aromatic nitrogens is 1. The molecule has 78 valence electrons. The molecular weight excluding hydrogens is 214 g/mol. The number of aliphatic hydroxyl groups is 1.